The summed E-state index contributed by atoms with van der Waals surface area (Å²) in [5.74, 6) is 0. The lowest BCUT2D eigenvalue weighted by atomic mass is 10.0. The molecule has 1 aromatic carbocycles. The second kappa shape index (κ2) is 7.97. The number of hydrogen-bond donors (Lipinski definition) is 2. The molecule has 2 unspecified atom stereocenters. The maximum Gasteiger partial charge on any atom is 0.318 e. The second-order valence-electron chi connectivity index (χ2n) is 6.22. The molecule has 2 amide bonds. The Labute approximate surface area is 142 Å². The van der Waals surface area contributed by atoms with Crippen LogP contribution in [-0.2, 0) is 6.54 Å². The number of urea groups is 1. The molecular formula is C18H25N5O. The molecule has 2 atom stereocenters. The molecule has 1 fully saturated rings. The Morgan fingerprint density at radius 1 is 1.29 bits per heavy atom. The standard InChI is InChI=1S/C18H25N5O/c19-13-16-9-4-5-12-23(16)18(24)21-17(14-22-11-6-10-20-22)15-7-2-1-3-8-15/h1-3,6-8,10-11,16-17H,4-5,9,12-14,19H2,(H,21,24). The number of rotatable bonds is 5. The Bertz CT molecular complexity index is 628. The Morgan fingerprint density at radius 3 is 2.83 bits per heavy atom. The summed E-state index contributed by atoms with van der Waals surface area (Å²) in [6.07, 6.45) is 6.82. The molecule has 6 heteroatoms. The number of carbonyl (C=O) groups is 1. The van der Waals surface area contributed by atoms with Crippen LogP contribution in [0, 0.1) is 0 Å². The van der Waals surface area contributed by atoms with Crippen molar-refractivity contribution in [1.29, 1.82) is 0 Å². The fraction of sp³-hybridized carbons (Fsp3) is 0.444. The molecule has 1 aliphatic heterocycles. The first kappa shape index (κ1) is 16.5. The summed E-state index contributed by atoms with van der Waals surface area (Å²) in [6, 6.07) is 11.9. The number of nitrogens with two attached hydrogens (primary N) is 1. The molecule has 0 saturated carbocycles. The van der Waals surface area contributed by atoms with Gasteiger partial charge < -0.3 is 16.0 Å². The van der Waals surface area contributed by atoms with Crippen molar-refractivity contribution in [1.82, 2.24) is 20.0 Å². The molecule has 1 saturated heterocycles. The number of hydrogen-bond acceptors (Lipinski definition) is 3. The van der Waals surface area contributed by atoms with Crippen molar-refractivity contribution in [3.05, 3.63) is 54.4 Å². The highest BCUT2D eigenvalue weighted by Crippen LogP contribution is 2.19. The van der Waals surface area contributed by atoms with Crippen LogP contribution in [0.4, 0.5) is 4.79 Å². The van der Waals surface area contributed by atoms with E-state index in [1.165, 1.54) is 0 Å². The van der Waals surface area contributed by atoms with Crippen molar-refractivity contribution in [2.45, 2.75) is 37.9 Å². The van der Waals surface area contributed by atoms with Gasteiger partial charge in [-0.1, -0.05) is 30.3 Å². The van der Waals surface area contributed by atoms with Gasteiger partial charge in [0.2, 0.25) is 0 Å². The van der Waals surface area contributed by atoms with Crippen LogP contribution in [0.5, 0.6) is 0 Å². The molecule has 3 N–H and O–H groups in total. The van der Waals surface area contributed by atoms with E-state index in [-0.39, 0.29) is 18.1 Å². The van der Waals surface area contributed by atoms with Crippen molar-refractivity contribution in [2.24, 2.45) is 5.73 Å². The number of nitrogens with one attached hydrogen (secondary N) is 1. The number of benzene rings is 1. The highest BCUT2D eigenvalue weighted by molar-refractivity contribution is 5.75. The fourth-order valence-corrected chi connectivity index (χ4v) is 3.26. The van der Waals surface area contributed by atoms with E-state index in [1.807, 2.05) is 52.2 Å². The van der Waals surface area contributed by atoms with E-state index in [0.717, 1.165) is 31.4 Å². The molecule has 0 aliphatic carbocycles. The van der Waals surface area contributed by atoms with Crippen LogP contribution in [0.3, 0.4) is 0 Å². The SMILES string of the molecule is NCC1CCCCN1C(=O)NC(Cn1cccn1)c1ccccc1. The summed E-state index contributed by atoms with van der Waals surface area (Å²) in [6.45, 7) is 1.89. The van der Waals surface area contributed by atoms with E-state index < -0.39 is 0 Å². The van der Waals surface area contributed by atoms with Gasteiger partial charge in [0.15, 0.2) is 0 Å². The molecule has 128 valence electrons. The van der Waals surface area contributed by atoms with Crippen molar-refractivity contribution in [3.63, 3.8) is 0 Å². The molecule has 1 aliphatic rings. The summed E-state index contributed by atoms with van der Waals surface area (Å²) in [5, 5.41) is 7.44. The lowest BCUT2D eigenvalue weighted by Crippen LogP contribution is -2.52. The quantitative estimate of drug-likeness (QED) is 0.883. The minimum atomic E-state index is -0.126. The molecule has 0 radical (unpaired) electrons. The molecular weight excluding hydrogens is 302 g/mol. The number of aromatic nitrogens is 2. The van der Waals surface area contributed by atoms with Gasteiger partial charge in [-0.25, -0.2) is 4.79 Å². The van der Waals surface area contributed by atoms with Crippen LogP contribution in [0.25, 0.3) is 0 Å². The third-order valence-electron chi connectivity index (χ3n) is 4.59. The number of amides is 2. The van der Waals surface area contributed by atoms with Crippen LogP contribution in [-0.4, -0.2) is 39.8 Å². The monoisotopic (exact) mass is 327 g/mol. The molecule has 2 heterocycles. The zero-order valence-electron chi connectivity index (χ0n) is 13.8. The highest BCUT2D eigenvalue weighted by Gasteiger charge is 2.27. The van der Waals surface area contributed by atoms with Gasteiger partial charge in [-0.3, -0.25) is 4.68 Å². The van der Waals surface area contributed by atoms with Gasteiger partial charge in [-0.05, 0) is 30.9 Å². The maximum absolute atomic E-state index is 12.8. The minimum absolute atomic E-state index is 0.0360. The normalized spacial score (nSPS) is 19.0. The third kappa shape index (κ3) is 3.94. The smallest absolute Gasteiger partial charge is 0.318 e. The number of carbonyl (C=O) groups excluding carboxylic acids is 1. The topological polar surface area (TPSA) is 76.2 Å². The van der Waals surface area contributed by atoms with Crippen LogP contribution < -0.4 is 11.1 Å². The molecule has 2 aromatic rings. The number of piperidine rings is 1. The fourth-order valence-electron chi connectivity index (χ4n) is 3.26. The Kier molecular flexibility index (Phi) is 5.48. The summed E-state index contributed by atoms with van der Waals surface area (Å²) in [5.41, 5.74) is 6.92. The van der Waals surface area contributed by atoms with E-state index >= 15 is 0 Å². The third-order valence-corrected chi connectivity index (χ3v) is 4.59. The molecule has 6 nitrogen and oxygen atoms in total. The summed E-state index contributed by atoms with van der Waals surface area (Å²) >= 11 is 0. The van der Waals surface area contributed by atoms with Crippen molar-refractivity contribution >= 4 is 6.03 Å². The lowest BCUT2D eigenvalue weighted by molar-refractivity contribution is 0.149. The average Bonchev–Trinajstić information content (AvgIpc) is 3.15. The van der Waals surface area contributed by atoms with Gasteiger partial charge in [0.05, 0.1) is 12.6 Å². The van der Waals surface area contributed by atoms with E-state index in [0.29, 0.717) is 13.1 Å². The molecule has 1 aromatic heterocycles. The first-order valence-corrected chi connectivity index (χ1v) is 8.57. The predicted molar refractivity (Wildman–Crippen MR) is 93.3 cm³/mol. The predicted octanol–water partition coefficient (Wildman–Crippen LogP) is 2.15. The Morgan fingerprint density at radius 2 is 2.12 bits per heavy atom. The van der Waals surface area contributed by atoms with Gasteiger partial charge in [0, 0.05) is 31.5 Å². The lowest BCUT2D eigenvalue weighted by Gasteiger charge is -2.36. The second-order valence-corrected chi connectivity index (χ2v) is 6.22. The largest absolute Gasteiger partial charge is 0.329 e. The zero-order valence-corrected chi connectivity index (χ0v) is 13.8. The van der Waals surface area contributed by atoms with Gasteiger partial charge in [0.25, 0.3) is 0 Å². The average molecular weight is 327 g/mol. The zero-order chi connectivity index (χ0) is 16.8. The summed E-state index contributed by atoms with van der Waals surface area (Å²) in [7, 11) is 0. The number of likely N-dealkylation sites (tertiary alicyclic amines) is 1. The van der Waals surface area contributed by atoms with Crippen LogP contribution >= 0.6 is 0 Å². The van der Waals surface area contributed by atoms with Crippen molar-refractivity contribution in [2.75, 3.05) is 13.1 Å². The molecule has 0 spiro atoms. The van der Waals surface area contributed by atoms with E-state index in [2.05, 4.69) is 10.4 Å². The summed E-state index contributed by atoms with van der Waals surface area (Å²) < 4.78 is 1.84. The van der Waals surface area contributed by atoms with Gasteiger partial charge >= 0.3 is 6.03 Å². The van der Waals surface area contributed by atoms with Crippen molar-refractivity contribution < 1.29 is 4.79 Å². The number of nitrogens with zero attached hydrogens (tertiary/aromatic N) is 3. The van der Waals surface area contributed by atoms with Crippen LogP contribution in [0.2, 0.25) is 0 Å². The van der Waals surface area contributed by atoms with E-state index in [9.17, 15) is 4.79 Å². The first-order chi connectivity index (χ1) is 11.8. The Balaban J connectivity index is 1.74. The highest BCUT2D eigenvalue weighted by atomic mass is 16.2. The maximum atomic E-state index is 12.8. The van der Waals surface area contributed by atoms with Crippen molar-refractivity contribution in [3.8, 4) is 0 Å². The van der Waals surface area contributed by atoms with E-state index in [4.69, 9.17) is 5.73 Å². The van der Waals surface area contributed by atoms with E-state index in [1.54, 1.807) is 6.20 Å². The Hall–Kier alpha value is -2.34. The van der Waals surface area contributed by atoms with Crippen LogP contribution in [0.15, 0.2) is 48.8 Å². The van der Waals surface area contributed by atoms with Gasteiger partial charge in [-0.15, -0.1) is 0 Å². The molecule has 24 heavy (non-hydrogen) atoms. The minimum Gasteiger partial charge on any atom is -0.329 e. The molecule has 0 bridgehead atoms. The molecule has 3 rings (SSSR count). The summed E-state index contributed by atoms with van der Waals surface area (Å²) in [4.78, 5) is 14.7. The van der Waals surface area contributed by atoms with Gasteiger partial charge in [-0.2, -0.15) is 5.10 Å². The first-order valence-electron chi connectivity index (χ1n) is 8.57. The van der Waals surface area contributed by atoms with Gasteiger partial charge in [0.1, 0.15) is 0 Å². The van der Waals surface area contributed by atoms with Crippen LogP contribution in [0.1, 0.15) is 30.9 Å².